The fourth-order valence-corrected chi connectivity index (χ4v) is 2.30. The van der Waals surface area contributed by atoms with Gasteiger partial charge in [-0.1, -0.05) is 34.1 Å². The second kappa shape index (κ2) is 5.02. The minimum atomic E-state index is -0.324. The maximum atomic E-state index is 12.1. The molecule has 0 fully saturated rings. The molecule has 20 heavy (non-hydrogen) atoms. The number of fused-ring (bicyclic) bond motifs is 1. The Bertz CT molecular complexity index is 762. The van der Waals surface area contributed by atoms with Gasteiger partial charge in [-0.05, 0) is 30.3 Å². The zero-order valence-corrected chi connectivity index (χ0v) is 12.0. The first-order valence-corrected chi connectivity index (χ1v) is 6.78. The van der Waals surface area contributed by atoms with E-state index in [1.807, 2.05) is 30.3 Å². The number of hydrogen-bond donors (Lipinski definition) is 2. The molecule has 100 valence electrons. The van der Waals surface area contributed by atoms with E-state index < -0.39 is 0 Å². The Labute approximate surface area is 123 Å². The first-order valence-electron chi connectivity index (χ1n) is 5.98. The number of amides is 1. The molecule has 0 atom stereocenters. The van der Waals surface area contributed by atoms with Gasteiger partial charge in [0, 0.05) is 9.86 Å². The quantitative estimate of drug-likeness (QED) is 0.697. The molecule has 0 radical (unpaired) electrons. The summed E-state index contributed by atoms with van der Waals surface area (Å²) in [4.78, 5) is 12.1. The number of anilines is 2. The van der Waals surface area contributed by atoms with Crippen LogP contribution in [-0.4, -0.2) is 5.91 Å². The lowest BCUT2D eigenvalue weighted by molar-refractivity contribution is 0.0999. The van der Waals surface area contributed by atoms with E-state index in [1.54, 1.807) is 18.2 Å². The highest BCUT2D eigenvalue weighted by Gasteiger charge is 2.13. The van der Waals surface area contributed by atoms with Gasteiger partial charge >= 0.3 is 0 Å². The molecule has 0 aliphatic carbocycles. The molecule has 0 aliphatic rings. The van der Waals surface area contributed by atoms with Crippen LogP contribution in [0, 0.1) is 0 Å². The van der Waals surface area contributed by atoms with E-state index in [0.29, 0.717) is 17.0 Å². The fraction of sp³-hybridized carbons (Fsp3) is 0. The average Bonchev–Trinajstić information content (AvgIpc) is 2.86. The summed E-state index contributed by atoms with van der Waals surface area (Å²) in [6.07, 6.45) is 0. The minimum absolute atomic E-state index is 0.258. The number of furan rings is 1. The summed E-state index contributed by atoms with van der Waals surface area (Å²) >= 11 is 3.32. The SMILES string of the molecule is Nc1cc(Br)ccc1NC(=O)c1cc2ccccc2o1. The Hall–Kier alpha value is -2.27. The Kier molecular flexibility index (Phi) is 3.20. The van der Waals surface area contributed by atoms with Crippen molar-refractivity contribution in [3.05, 3.63) is 58.8 Å². The number of carbonyl (C=O) groups excluding carboxylic acids is 1. The zero-order valence-electron chi connectivity index (χ0n) is 10.4. The van der Waals surface area contributed by atoms with Gasteiger partial charge in [0.2, 0.25) is 0 Å². The molecule has 0 saturated carbocycles. The van der Waals surface area contributed by atoms with Crippen LogP contribution in [0.4, 0.5) is 11.4 Å². The van der Waals surface area contributed by atoms with Gasteiger partial charge in [0.05, 0.1) is 11.4 Å². The molecule has 0 unspecified atom stereocenters. The highest BCUT2D eigenvalue weighted by Crippen LogP contribution is 2.25. The third-order valence-corrected chi connectivity index (χ3v) is 3.40. The van der Waals surface area contributed by atoms with Crippen molar-refractivity contribution in [3.63, 3.8) is 0 Å². The predicted octanol–water partition coefficient (Wildman–Crippen LogP) is 4.03. The third-order valence-electron chi connectivity index (χ3n) is 2.91. The van der Waals surface area contributed by atoms with Crippen molar-refractivity contribution < 1.29 is 9.21 Å². The standard InChI is InChI=1S/C15H11BrN2O2/c16-10-5-6-12(11(17)8-10)18-15(19)14-7-9-3-1-2-4-13(9)20-14/h1-8H,17H2,(H,18,19). The van der Waals surface area contributed by atoms with Crippen molar-refractivity contribution in [1.29, 1.82) is 0 Å². The van der Waals surface area contributed by atoms with E-state index in [2.05, 4.69) is 21.2 Å². The van der Waals surface area contributed by atoms with Gasteiger partial charge in [0.25, 0.3) is 5.91 Å². The van der Waals surface area contributed by atoms with E-state index in [0.717, 1.165) is 9.86 Å². The van der Waals surface area contributed by atoms with Crippen LogP contribution >= 0.6 is 15.9 Å². The summed E-state index contributed by atoms with van der Waals surface area (Å²) in [5, 5.41) is 3.63. The van der Waals surface area contributed by atoms with Crippen LogP contribution in [0.1, 0.15) is 10.6 Å². The van der Waals surface area contributed by atoms with Crippen LogP contribution in [0.2, 0.25) is 0 Å². The van der Waals surface area contributed by atoms with E-state index in [9.17, 15) is 4.79 Å². The number of carbonyl (C=O) groups is 1. The molecule has 1 amide bonds. The molecule has 1 heterocycles. The minimum Gasteiger partial charge on any atom is -0.451 e. The second-order valence-electron chi connectivity index (χ2n) is 4.33. The molecule has 0 bridgehead atoms. The Balaban J connectivity index is 1.89. The molecular weight excluding hydrogens is 320 g/mol. The van der Waals surface area contributed by atoms with Gasteiger partial charge in [0.1, 0.15) is 5.58 Å². The number of halogens is 1. The molecule has 0 saturated heterocycles. The summed E-state index contributed by atoms with van der Waals surface area (Å²) in [5.41, 5.74) is 7.57. The van der Waals surface area contributed by atoms with Crippen LogP contribution in [0.3, 0.4) is 0 Å². The van der Waals surface area contributed by atoms with Crippen LogP contribution in [0.15, 0.2) is 57.4 Å². The van der Waals surface area contributed by atoms with Gasteiger partial charge < -0.3 is 15.5 Å². The lowest BCUT2D eigenvalue weighted by Gasteiger charge is -2.06. The van der Waals surface area contributed by atoms with Crippen LogP contribution in [-0.2, 0) is 0 Å². The van der Waals surface area contributed by atoms with Gasteiger partial charge in [-0.2, -0.15) is 0 Å². The number of nitrogen functional groups attached to an aromatic ring is 1. The van der Waals surface area contributed by atoms with Gasteiger partial charge in [-0.25, -0.2) is 0 Å². The number of nitrogens with one attached hydrogen (secondary N) is 1. The van der Waals surface area contributed by atoms with Crippen molar-refractivity contribution in [2.45, 2.75) is 0 Å². The summed E-state index contributed by atoms with van der Waals surface area (Å²) in [6.45, 7) is 0. The Morgan fingerprint density at radius 1 is 1.15 bits per heavy atom. The Morgan fingerprint density at radius 3 is 2.70 bits per heavy atom. The molecule has 2 aromatic carbocycles. The number of rotatable bonds is 2. The summed E-state index contributed by atoms with van der Waals surface area (Å²) in [7, 11) is 0. The summed E-state index contributed by atoms with van der Waals surface area (Å²) < 4.78 is 6.36. The summed E-state index contributed by atoms with van der Waals surface area (Å²) in [5.74, 6) is -0.0660. The van der Waals surface area contributed by atoms with E-state index in [4.69, 9.17) is 10.2 Å². The van der Waals surface area contributed by atoms with Crippen molar-refractivity contribution in [2.75, 3.05) is 11.1 Å². The zero-order chi connectivity index (χ0) is 14.1. The Morgan fingerprint density at radius 2 is 1.95 bits per heavy atom. The molecule has 0 spiro atoms. The first-order chi connectivity index (χ1) is 9.63. The lowest BCUT2D eigenvalue weighted by Crippen LogP contribution is -2.12. The normalized spacial score (nSPS) is 10.7. The van der Waals surface area contributed by atoms with Crippen LogP contribution in [0.25, 0.3) is 11.0 Å². The maximum absolute atomic E-state index is 12.1. The second-order valence-corrected chi connectivity index (χ2v) is 5.25. The van der Waals surface area contributed by atoms with Gasteiger partial charge in [-0.3, -0.25) is 4.79 Å². The highest BCUT2D eigenvalue weighted by molar-refractivity contribution is 9.10. The van der Waals surface area contributed by atoms with E-state index in [1.165, 1.54) is 0 Å². The number of nitrogens with two attached hydrogens (primary N) is 1. The first kappa shape index (κ1) is 12.7. The number of para-hydroxylation sites is 1. The van der Waals surface area contributed by atoms with E-state index in [-0.39, 0.29) is 11.7 Å². The van der Waals surface area contributed by atoms with Gasteiger partial charge in [0.15, 0.2) is 5.76 Å². The topological polar surface area (TPSA) is 68.3 Å². The molecule has 0 aliphatic heterocycles. The maximum Gasteiger partial charge on any atom is 0.291 e. The predicted molar refractivity (Wildman–Crippen MR) is 82.7 cm³/mol. The third kappa shape index (κ3) is 2.40. The average molecular weight is 331 g/mol. The molecule has 3 rings (SSSR count). The largest absolute Gasteiger partial charge is 0.451 e. The van der Waals surface area contributed by atoms with E-state index >= 15 is 0 Å². The van der Waals surface area contributed by atoms with Crippen molar-refractivity contribution in [1.82, 2.24) is 0 Å². The van der Waals surface area contributed by atoms with Gasteiger partial charge in [-0.15, -0.1) is 0 Å². The molecule has 3 aromatic rings. The van der Waals surface area contributed by atoms with Crippen molar-refractivity contribution in [2.24, 2.45) is 0 Å². The molecular formula is C15H11BrN2O2. The fourth-order valence-electron chi connectivity index (χ4n) is 1.93. The van der Waals surface area contributed by atoms with Crippen LogP contribution < -0.4 is 11.1 Å². The monoisotopic (exact) mass is 330 g/mol. The number of benzene rings is 2. The van der Waals surface area contributed by atoms with Crippen molar-refractivity contribution >= 4 is 44.2 Å². The molecule has 1 aromatic heterocycles. The smallest absolute Gasteiger partial charge is 0.291 e. The number of hydrogen-bond acceptors (Lipinski definition) is 3. The molecule has 5 heteroatoms. The van der Waals surface area contributed by atoms with Crippen molar-refractivity contribution in [3.8, 4) is 0 Å². The van der Waals surface area contributed by atoms with Crippen LogP contribution in [0.5, 0.6) is 0 Å². The summed E-state index contributed by atoms with van der Waals surface area (Å²) in [6, 6.07) is 14.5. The molecule has 4 nitrogen and oxygen atoms in total. The lowest BCUT2D eigenvalue weighted by atomic mass is 10.2. The highest BCUT2D eigenvalue weighted by atomic mass is 79.9. The molecule has 3 N–H and O–H groups in total.